The lowest BCUT2D eigenvalue weighted by Gasteiger charge is -2.32. The summed E-state index contributed by atoms with van der Waals surface area (Å²) >= 11 is 1.69. The standard InChI is InChI=1S/C20H28N4O3S/c1-12-13(2)28-18-16(12)17(21-11-22-18)24-8-6-14(7-9-24)19(26)27-10-15(25)23-20(3,4)5/h11,14H,6-10H2,1-5H3,(H,23,25). The average Bonchev–Trinajstić information content (AvgIpc) is 2.93. The van der Waals surface area contributed by atoms with Crippen molar-refractivity contribution in [2.24, 2.45) is 5.92 Å². The van der Waals surface area contributed by atoms with Gasteiger partial charge in [-0.15, -0.1) is 11.3 Å². The van der Waals surface area contributed by atoms with Crippen LogP contribution in [0.25, 0.3) is 10.2 Å². The van der Waals surface area contributed by atoms with Gasteiger partial charge in [-0.3, -0.25) is 9.59 Å². The van der Waals surface area contributed by atoms with Crippen LogP contribution in [-0.2, 0) is 14.3 Å². The van der Waals surface area contributed by atoms with Gasteiger partial charge >= 0.3 is 5.97 Å². The van der Waals surface area contributed by atoms with E-state index < -0.39 is 0 Å². The second kappa shape index (κ2) is 8.03. The fourth-order valence-electron chi connectivity index (χ4n) is 3.44. The molecule has 1 aliphatic heterocycles. The molecule has 1 saturated heterocycles. The number of thiophene rings is 1. The summed E-state index contributed by atoms with van der Waals surface area (Å²) < 4.78 is 5.23. The minimum absolute atomic E-state index is 0.179. The number of piperidine rings is 1. The first-order valence-electron chi connectivity index (χ1n) is 9.59. The van der Waals surface area contributed by atoms with Crippen LogP contribution in [0.2, 0.25) is 0 Å². The van der Waals surface area contributed by atoms with Crippen molar-refractivity contribution < 1.29 is 14.3 Å². The van der Waals surface area contributed by atoms with Crippen LogP contribution >= 0.6 is 11.3 Å². The van der Waals surface area contributed by atoms with E-state index in [9.17, 15) is 9.59 Å². The van der Waals surface area contributed by atoms with Gasteiger partial charge in [0.2, 0.25) is 0 Å². The highest BCUT2D eigenvalue weighted by atomic mass is 32.1. The second-order valence-electron chi connectivity index (χ2n) is 8.33. The fraction of sp³-hybridized carbons (Fsp3) is 0.600. The molecule has 1 N–H and O–H groups in total. The van der Waals surface area contributed by atoms with Crippen molar-refractivity contribution >= 4 is 39.2 Å². The summed E-state index contributed by atoms with van der Waals surface area (Å²) in [6, 6.07) is 0. The molecular weight excluding hydrogens is 376 g/mol. The Bertz CT molecular complexity index is 879. The monoisotopic (exact) mass is 404 g/mol. The molecule has 0 aliphatic carbocycles. The Hall–Kier alpha value is -2.22. The number of aryl methyl sites for hydroxylation is 2. The van der Waals surface area contributed by atoms with E-state index in [1.54, 1.807) is 17.7 Å². The smallest absolute Gasteiger partial charge is 0.309 e. The van der Waals surface area contributed by atoms with Gasteiger partial charge in [0.1, 0.15) is 17.0 Å². The number of nitrogens with zero attached hydrogens (tertiary/aromatic N) is 3. The molecule has 0 bridgehead atoms. The number of rotatable bonds is 4. The Kier molecular flexibility index (Phi) is 5.88. The highest BCUT2D eigenvalue weighted by Crippen LogP contribution is 2.35. The Morgan fingerprint density at radius 3 is 2.57 bits per heavy atom. The summed E-state index contributed by atoms with van der Waals surface area (Å²) in [7, 11) is 0. The molecule has 7 nitrogen and oxygen atoms in total. The number of hydrogen-bond acceptors (Lipinski definition) is 7. The van der Waals surface area contributed by atoms with E-state index in [0.29, 0.717) is 12.8 Å². The van der Waals surface area contributed by atoms with Gasteiger partial charge in [-0.05, 0) is 53.0 Å². The van der Waals surface area contributed by atoms with Gasteiger partial charge in [-0.25, -0.2) is 9.97 Å². The normalized spacial score (nSPS) is 15.7. The predicted molar refractivity (Wildman–Crippen MR) is 111 cm³/mol. The maximum absolute atomic E-state index is 12.3. The third kappa shape index (κ3) is 4.60. The number of ether oxygens (including phenoxy) is 1. The number of amides is 1. The Morgan fingerprint density at radius 2 is 1.93 bits per heavy atom. The first-order chi connectivity index (χ1) is 13.2. The summed E-state index contributed by atoms with van der Waals surface area (Å²) in [5.74, 6) is 0.202. The molecule has 8 heteroatoms. The van der Waals surface area contributed by atoms with Gasteiger partial charge in [0.25, 0.3) is 5.91 Å². The van der Waals surface area contributed by atoms with Gasteiger partial charge in [0.15, 0.2) is 6.61 Å². The van der Waals surface area contributed by atoms with E-state index in [2.05, 4.69) is 34.0 Å². The zero-order valence-electron chi connectivity index (χ0n) is 17.2. The van der Waals surface area contributed by atoms with Crippen molar-refractivity contribution in [3.63, 3.8) is 0 Å². The molecule has 28 heavy (non-hydrogen) atoms. The van der Waals surface area contributed by atoms with Crippen molar-refractivity contribution in [3.8, 4) is 0 Å². The fourth-order valence-corrected chi connectivity index (χ4v) is 4.43. The molecule has 1 aliphatic rings. The van der Waals surface area contributed by atoms with Gasteiger partial charge in [0.05, 0.1) is 11.3 Å². The Morgan fingerprint density at radius 1 is 1.25 bits per heavy atom. The molecule has 0 radical (unpaired) electrons. The van der Waals surface area contributed by atoms with Crippen LogP contribution in [0.3, 0.4) is 0 Å². The van der Waals surface area contributed by atoms with Crippen molar-refractivity contribution in [3.05, 3.63) is 16.8 Å². The van der Waals surface area contributed by atoms with E-state index in [-0.39, 0.29) is 29.9 Å². The van der Waals surface area contributed by atoms with Crippen LogP contribution in [0.15, 0.2) is 6.33 Å². The third-order valence-electron chi connectivity index (χ3n) is 4.93. The maximum atomic E-state index is 12.3. The lowest BCUT2D eigenvalue weighted by molar-refractivity contribution is -0.153. The van der Waals surface area contributed by atoms with Crippen molar-refractivity contribution in [2.45, 2.75) is 53.0 Å². The summed E-state index contributed by atoms with van der Waals surface area (Å²) in [4.78, 5) is 37.6. The molecular formula is C20H28N4O3S. The summed E-state index contributed by atoms with van der Waals surface area (Å²) in [5, 5.41) is 3.91. The molecule has 2 aromatic rings. The molecule has 0 spiro atoms. The number of hydrogen-bond donors (Lipinski definition) is 1. The van der Waals surface area contributed by atoms with Crippen LogP contribution < -0.4 is 10.2 Å². The molecule has 0 aromatic carbocycles. The number of nitrogens with one attached hydrogen (secondary N) is 1. The lowest BCUT2D eigenvalue weighted by atomic mass is 9.97. The Balaban J connectivity index is 1.58. The van der Waals surface area contributed by atoms with E-state index in [0.717, 1.165) is 29.1 Å². The third-order valence-corrected chi connectivity index (χ3v) is 6.05. The van der Waals surface area contributed by atoms with Crippen LogP contribution in [0.5, 0.6) is 0 Å². The summed E-state index contributed by atoms with van der Waals surface area (Å²) in [6.45, 7) is 11.1. The molecule has 3 heterocycles. The van der Waals surface area contributed by atoms with Crippen LogP contribution in [-0.4, -0.2) is 47.1 Å². The maximum Gasteiger partial charge on any atom is 0.309 e. The van der Waals surface area contributed by atoms with Crippen molar-refractivity contribution in [2.75, 3.05) is 24.6 Å². The molecule has 2 aromatic heterocycles. The zero-order chi connectivity index (χ0) is 20.5. The SMILES string of the molecule is Cc1sc2ncnc(N3CCC(C(=O)OCC(=O)NC(C)(C)C)CC3)c2c1C. The summed E-state index contributed by atoms with van der Waals surface area (Å²) in [6.07, 6.45) is 2.99. The average molecular weight is 405 g/mol. The van der Waals surface area contributed by atoms with Gasteiger partial charge in [-0.2, -0.15) is 0 Å². The van der Waals surface area contributed by atoms with Gasteiger partial charge in [-0.1, -0.05) is 0 Å². The first kappa shape index (κ1) is 20.5. The summed E-state index contributed by atoms with van der Waals surface area (Å²) in [5.41, 5.74) is 0.887. The minimum atomic E-state index is -0.337. The number of carbonyl (C=O) groups excluding carboxylic acids is 2. The van der Waals surface area contributed by atoms with Crippen molar-refractivity contribution in [1.82, 2.24) is 15.3 Å². The highest BCUT2D eigenvalue weighted by Gasteiger charge is 2.29. The minimum Gasteiger partial charge on any atom is -0.455 e. The van der Waals surface area contributed by atoms with E-state index >= 15 is 0 Å². The molecule has 3 rings (SSSR count). The number of anilines is 1. The Labute approximate surface area is 169 Å². The largest absolute Gasteiger partial charge is 0.455 e. The number of carbonyl (C=O) groups is 2. The molecule has 1 fully saturated rings. The number of fused-ring (bicyclic) bond motifs is 1. The molecule has 152 valence electrons. The first-order valence-corrected chi connectivity index (χ1v) is 10.4. The van der Waals surface area contributed by atoms with Gasteiger partial charge < -0.3 is 15.0 Å². The van der Waals surface area contributed by atoms with E-state index in [1.807, 2.05) is 20.8 Å². The second-order valence-corrected chi connectivity index (χ2v) is 9.53. The van der Waals surface area contributed by atoms with Crippen LogP contribution in [0, 0.1) is 19.8 Å². The van der Waals surface area contributed by atoms with Gasteiger partial charge in [0, 0.05) is 23.5 Å². The van der Waals surface area contributed by atoms with E-state index in [1.165, 1.54) is 10.4 Å². The predicted octanol–water partition coefficient (Wildman–Crippen LogP) is 2.98. The van der Waals surface area contributed by atoms with Crippen LogP contribution in [0.1, 0.15) is 44.1 Å². The van der Waals surface area contributed by atoms with E-state index in [4.69, 9.17) is 4.74 Å². The highest BCUT2D eigenvalue weighted by molar-refractivity contribution is 7.18. The zero-order valence-corrected chi connectivity index (χ0v) is 18.0. The molecule has 0 atom stereocenters. The van der Waals surface area contributed by atoms with Crippen molar-refractivity contribution in [1.29, 1.82) is 0 Å². The molecule has 0 unspecified atom stereocenters. The molecule has 0 saturated carbocycles. The molecule has 1 amide bonds. The quantitative estimate of drug-likeness (QED) is 0.789. The van der Waals surface area contributed by atoms with Crippen LogP contribution in [0.4, 0.5) is 5.82 Å². The lowest BCUT2D eigenvalue weighted by Crippen LogP contribution is -2.43. The topological polar surface area (TPSA) is 84.4 Å². The number of esters is 1. The number of aromatic nitrogens is 2.